The molecule has 0 heterocycles. The highest BCUT2D eigenvalue weighted by molar-refractivity contribution is 6.14. The molecule has 0 fully saturated rings. The normalized spacial score (nSPS) is 15.3. The Balaban J connectivity index is 0.918. The molecule has 0 radical (unpaired) electrons. The third-order valence-corrected chi connectivity index (χ3v) is 20.9. The number of fused-ring (bicyclic) bond motifs is 8. The summed E-state index contributed by atoms with van der Waals surface area (Å²) in [5, 5.41) is 7.62. The highest BCUT2D eigenvalue weighted by Crippen LogP contribution is 2.61. The molecule has 1 atom stereocenters. The van der Waals surface area contributed by atoms with Crippen LogP contribution in [0.3, 0.4) is 0 Å². The van der Waals surface area contributed by atoms with Crippen LogP contribution in [0.2, 0.25) is 0 Å². The van der Waals surface area contributed by atoms with E-state index in [1.807, 2.05) is 0 Å². The van der Waals surface area contributed by atoms with Crippen LogP contribution in [0.5, 0.6) is 0 Å². The van der Waals surface area contributed by atoms with Crippen LogP contribution in [0.4, 0.5) is 0 Å². The topological polar surface area (TPSA) is 0 Å². The fourth-order valence-electron chi connectivity index (χ4n) is 17.0. The molecule has 4 aliphatic rings. The lowest BCUT2D eigenvalue weighted by molar-refractivity contribution is 0.764. The van der Waals surface area contributed by atoms with E-state index in [1.165, 1.54) is 183 Å². The SMILES string of the molecule is Cc1cccc(C2(c3cccc(C)c3)c3ccccc3-c3ccc(-c4cc(-c5ccc6ccccc6c5)c5c6c7c(ccc46)C(c4ccc6ccccc6c4)=CC(c4ccc6c(c4)C(c4cccc(C)c4)(c4cccc(C)c4)c4ccccc4-6)C7=CC5)cc32)c1. The minimum atomic E-state index is -0.558. The van der Waals surface area contributed by atoms with E-state index in [-0.39, 0.29) is 5.92 Å². The Bertz CT molecular complexity index is 5370. The minimum Gasteiger partial charge on any atom is -0.0753 e. The van der Waals surface area contributed by atoms with Crippen molar-refractivity contribution < 1.29 is 0 Å². The number of hydrogen-bond acceptors (Lipinski definition) is 0. The summed E-state index contributed by atoms with van der Waals surface area (Å²) in [5.41, 5.74) is 33.8. The summed E-state index contributed by atoms with van der Waals surface area (Å²) in [4.78, 5) is 0. The van der Waals surface area contributed by atoms with E-state index in [0.29, 0.717) is 0 Å². The van der Waals surface area contributed by atoms with Gasteiger partial charge in [0.05, 0.1) is 10.8 Å². The van der Waals surface area contributed by atoms with Gasteiger partial charge in [-0.05, 0) is 219 Å². The van der Waals surface area contributed by atoms with E-state index in [1.54, 1.807) is 0 Å². The molecule has 0 spiro atoms. The molecule has 1 unspecified atom stereocenters. The van der Waals surface area contributed by atoms with Gasteiger partial charge in [0.15, 0.2) is 0 Å². The first-order valence-electron chi connectivity index (χ1n) is 32.0. The van der Waals surface area contributed by atoms with Crippen LogP contribution in [-0.2, 0) is 17.3 Å². The van der Waals surface area contributed by atoms with Crippen molar-refractivity contribution in [3.8, 4) is 44.5 Å². The molecule has 0 aliphatic heterocycles. The van der Waals surface area contributed by atoms with E-state index in [0.717, 1.165) is 6.42 Å². The van der Waals surface area contributed by atoms with Crippen molar-refractivity contribution in [1.82, 2.24) is 0 Å². The van der Waals surface area contributed by atoms with Crippen LogP contribution in [0.1, 0.15) is 100 Å². The lowest BCUT2D eigenvalue weighted by Crippen LogP contribution is -2.29. The average molecular weight is 1150 g/mol. The Labute approximate surface area is 527 Å². The van der Waals surface area contributed by atoms with Crippen molar-refractivity contribution in [2.75, 3.05) is 0 Å². The van der Waals surface area contributed by atoms with Crippen molar-refractivity contribution in [3.05, 3.63) is 392 Å². The molecule has 0 heteroatoms. The van der Waals surface area contributed by atoms with Gasteiger partial charge < -0.3 is 0 Å². The van der Waals surface area contributed by atoms with Crippen molar-refractivity contribution in [2.45, 2.75) is 50.9 Å². The van der Waals surface area contributed by atoms with Crippen molar-refractivity contribution in [2.24, 2.45) is 0 Å². The van der Waals surface area contributed by atoms with E-state index >= 15 is 0 Å². The molecule has 14 aromatic carbocycles. The van der Waals surface area contributed by atoms with Gasteiger partial charge in [-0.25, -0.2) is 0 Å². The summed E-state index contributed by atoms with van der Waals surface area (Å²) < 4.78 is 0. The summed E-state index contributed by atoms with van der Waals surface area (Å²) in [7, 11) is 0. The van der Waals surface area contributed by atoms with E-state index < -0.39 is 10.8 Å². The highest BCUT2D eigenvalue weighted by Gasteiger charge is 2.48. The van der Waals surface area contributed by atoms with Crippen molar-refractivity contribution in [1.29, 1.82) is 0 Å². The fourth-order valence-corrected chi connectivity index (χ4v) is 17.0. The van der Waals surface area contributed by atoms with E-state index in [2.05, 4.69) is 325 Å². The van der Waals surface area contributed by atoms with Gasteiger partial charge in [-0.3, -0.25) is 0 Å². The van der Waals surface area contributed by atoms with Crippen LogP contribution >= 0.6 is 0 Å². The second-order valence-corrected chi connectivity index (χ2v) is 26.0. The van der Waals surface area contributed by atoms with Gasteiger partial charge >= 0.3 is 0 Å². The van der Waals surface area contributed by atoms with Gasteiger partial charge in [0.2, 0.25) is 0 Å². The number of hydrogen-bond donors (Lipinski definition) is 0. The zero-order chi connectivity index (χ0) is 60.0. The van der Waals surface area contributed by atoms with Gasteiger partial charge in [-0.1, -0.05) is 295 Å². The van der Waals surface area contributed by atoms with Crippen LogP contribution < -0.4 is 0 Å². The molecule has 0 N–H and O–H groups in total. The van der Waals surface area contributed by atoms with Crippen molar-refractivity contribution in [3.63, 3.8) is 0 Å². The maximum Gasteiger partial charge on any atom is 0.0713 e. The third-order valence-electron chi connectivity index (χ3n) is 20.9. The molecule has 14 aromatic rings. The van der Waals surface area contributed by atoms with Gasteiger partial charge in [0.25, 0.3) is 0 Å². The first kappa shape index (κ1) is 52.5. The molecular weight excluding hydrogens is 1080 g/mol. The predicted octanol–water partition coefficient (Wildman–Crippen LogP) is 22.6. The lowest BCUT2D eigenvalue weighted by atomic mass is 9.66. The zero-order valence-corrected chi connectivity index (χ0v) is 51.1. The molecule has 424 valence electrons. The second-order valence-electron chi connectivity index (χ2n) is 26.0. The molecule has 0 nitrogen and oxygen atoms in total. The van der Waals surface area contributed by atoms with E-state index in [9.17, 15) is 0 Å². The Morgan fingerprint density at radius 2 is 0.767 bits per heavy atom. The van der Waals surface area contributed by atoms with Gasteiger partial charge in [0, 0.05) is 5.92 Å². The maximum atomic E-state index is 2.63. The fraction of sp³-hybridized carbons (Fsp3) is 0.0889. The molecule has 18 rings (SSSR count). The lowest BCUT2D eigenvalue weighted by Gasteiger charge is -2.36. The van der Waals surface area contributed by atoms with Crippen LogP contribution in [0, 0.1) is 27.7 Å². The quantitative estimate of drug-likeness (QED) is 0.142. The third kappa shape index (κ3) is 7.61. The highest BCUT2D eigenvalue weighted by atomic mass is 14.5. The molecule has 4 aliphatic carbocycles. The molecule has 90 heavy (non-hydrogen) atoms. The average Bonchev–Trinajstić information content (AvgIpc) is 1.37. The van der Waals surface area contributed by atoms with E-state index in [4.69, 9.17) is 0 Å². The van der Waals surface area contributed by atoms with Gasteiger partial charge in [0.1, 0.15) is 0 Å². The van der Waals surface area contributed by atoms with Gasteiger partial charge in [-0.15, -0.1) is 0 Å². The number of allylic oxidation sites excluding steroid dienone is 3. The second kappa shape index (κ2) is 19.9. The Morgan fingerprint density at radius 3 is 1.33 bits per heavy atom. The molecular formula is C90H64. The zero-order valence-electron chi connectivity index (χ0n) is 51.1. The summed E-state index contributed by atoms with van der Waals surface area (Å²) >= 11 is 0. The smallest absolute Gasteiger partial charge is 0.0713 e. The van der Waals surface area contributed by atoms with Gasteiger partial charge in [-0.2, -0.15) is 0 Å². The standard InChI is InChI=1S/C90H64/c1-55-17-13-25-67(45-55)89(68-26-14-18-56(2)46-68)83-31-11-9-29-71(83)73-39-37-65(51-85(73)89)81-53-79(63-35-33-59-21-5-7-23-61(59)49-63)75-42-44-78-82(54-80(76-41-43-77(81)87(75)88(76)78)64-36-34-60-22-6-8-24-62(60)50-64)66-38-40-74-72-30-10-12-32-84(72)90(86(74)52-66,69-27-15-19-57(3)47-69)70-28-16-20-58(4)48-70/h5-41,43-54,82H,42H2,1-4H3. The maximum absolute atomic E-state index is 2.63. The minimum absolute atomic E-state index is 0.0602. The number of rotatable bonds is 8. The summed E-state index contributed by atoms with van der Waals surface area (Å²) in [6.45, 7) is 8.95. The van der Waals surface area contributed by atoms with Crippen LogP contribution in [0.15, 0.2) is 297 Å². The van der Waals surface area contributed by atoms with Crippen LogP contribution in [0.25, 0.3) is 88.0 Å². The Kier molecular flexibility index (Phi) is 11.6. The summed E-state index contributed by atoms with van der Waals surface area (Å²) in [6.07, 6.45) is 6.04. The largest absolute Gasteiger partial charge is 0.0753 e. The molecule has 0 saturated heterocycles. The predicted molar refractivity (Wildman–Crippen MR) is 378 cm³/mol. The number of benzene rings is 14. The molecule has 0 amide bonds. The number of aryl methyl sites for hydroxylation is 4. The van der Waals surface area contributed by atoms with Crippen LogP contribution in [-0.4, -0.2) is 0 Å². The Morgan fingerprint density at radius 1 is 0.311 bits per heavy atom. The summed E-state index contributed by atoms with van der Waals surface area (Å²) in [6, 6.07) is 110. The molecule has 0 bridgehead atoms. The van der Waals surface area contributed by atoms with Crippen molar-refractivity contribution >= 4 is 43.5 Å². The first-order chi connectivity index (χ1) is 44.2. The monoisotopic (exact) mass is 1140 g/mol. The molecule has 0 aromatic heterocycles. The first-order valence-corrected chi connectivity index (χ1v) is 32.0. The summed E-state index contributed by atoms with van der Waals surface area (Å²) in [5.74, 6) is -0.0602. The Hall–Kier alpha value is -10.7. The molecule has 0 saturated carbocycles.